The molecule has 1 aliphatic heterocycles. The first-order valence-corrected chi connectivity index (χ1v) is 6.37. The van der Waals surface area contributed by atoms with Crippen LogP contribution in [0.5, 0.6) is 0 Å². The lowest BCUT2D eigenvalue weighted by Gasteiger charge is -2.37. The van der Waals surface area contributed by atoms with Gasteiger partial charge in [-0.15, -0.1) is 0 Å². The molecule has 0 aliphatic carbocycles. The molecule has 1 N–H and O–H groups in total. The number of likely N-dealkylation sites (N-methyl/N-ethyl adjacent to an activating group) is 1. The van der Waals surface area contributed by atoms with Gasteiger partial charge in [0.25, 0.3) is 0 Å². The predicted molar refractivity (Wildman–Crippen MR) is 70.0 cm³/mol. The Balaban J connectivity index is 2.25. The highest BCUT2D eigenvalue weighted by molar-refractivity contribution is 5.52. The Morgan fingerprint density at radius 2 is 2.33 bits per heavy atom. The summed E-state index contributed by atoms with van der Waals surface area (Å²) in [5, 5.41) is 11.9. The summed E-state index contributed by atoms with van der Waals surface area (Å²) < 4.78 is 14.0. The molecule has 4 heteroatoms. The van der Waals surface area contributed by atoms with E-state index in [-0.39, 0.29) is 5.82 Å². The van der Waals surface area contributed by atoms with Crippen molar-refractivity contribution < 1.29 is 4.39 Å². The lowest BCUT2D eigenvalue weighted by atomic mass is 10.0. The third-order valence-electron chi connectivity index (χ3n) is 3.45. The van der Waals surface area contributed by atoms with Gasteiger partial charge in [-0.25, -0.2) is 4.39 Å². The largest absolute Gasteiger partial charge is 0.365 e. The summed E-state index contributed by atoms with van der Waals surface area (Å²) in [5.41, 5.74) is 0.993. The minimum atomic E-state index is -0.294. The monoisotopic (exact) mass is 247 g/mol. The number of rotatable bonds is 3. The number of nitriles is 1. The van der Waals surface area contributed by atoms with Gasteiger partial charge in [0.1, 0.15) is 5.82 Å². The minimum Gasteiger partial charge on any atom is -0.365 e. The van der Waals surface area contributed by atoms with Gasteiger partial charge in [0.05, 0.1) is 17.3 Å². The van der Waals surface area contributed by atoms with Gasteiger partial charge in [0.2, 0.25) is 0 Å². The molecule has 0 saturated carbocycles. The fourth-order valence-electron chi connectivity index (χ4n) is 2.57. The molecule has 0 aromatic heterocycles. The van der Waals surface area contributed by atoms with Crippen LogP contribution < -0.4 is 10.2 Å². The number of piperidine rings is 1. The predicted octanol–water partition coefficient (Wildman–Crippen LogP) is 2.28. The van der Waals surface area contributed by atoms with E-state index in [0.717, 1.165) is 25.9 Å². The van der Waals surface area contributed by atoms with E-state index in [2.05, 4.69) is 10.2 Å². The van der Waals surface area contributed by atoms with E-state index < -0.39 is 0 Å². The summed E-state index contributed by atoms with van der Waals surface area (Å²) in [4.78, 5) is 2.12. The number of hydrogen-bond acceptors (Lipinski definition) is 3. The van der Waals surface area contributed by atoms with Gasteiger partial charge in [0, 0.05) is 19.1 Å². The molecule has 18 heavy (non-hydrogen) atoms. The van der Waals surface area contributed by atoms with Crippen LogP contribution in [-0.4, -0.2) is 26.2 Å². The molecule has 1 aromatic rings. The fourth-order valence-corrected chi connectivity index (χ4v) is 2.57. The summed E-state index contributed by atoms with van der Waals surface area (Å²) >= 11 is 0. The van der Waals surface area contributed by atoms with E-state index >= 15 is 0 Å². The zero-order chi connectivity index (χ0) is 13.0. The molecule has 2 rings (SSSR count). The molecule has 0 bridgehead atoms. The average Bonchev–Trinajstić information content (AvgIpc) is 2.40. The van der Waals surface area contributed by atoms with Crippen LogP contribution in [0.4, 0.5) is 10.1 Å². The number of benzene rings is 1. The van der Waals surface area contributed by atoms with E-state index in [1.165, 1.54) is 12.5 Å². The molecule has 1 aliphatic rings. The molecule has 1 fully saturated rings. The summed E-state index contributed by atoms with van der Waals surface area (Å²) in [6.45, 7) is 1.74. The molecule has 3 nitrogen and oxygen atoms in total. The topological polar surface area (TPSA) is 39.1 Å². The van der Waals surface area contributed by atoms with Crippen molar-refractivity contribution in [3.63, 3.8) is 0 Å². The van der Waals surface area contributed by atoms with E-state index in [0.29, 0.717) is 17.3 Å². The standard InChI is InChI=1S/C14H18FN3/c1-17-10-12-4-2-3-7-18(12)14-6-5-11(9-16)8-13(14)15/h5-6,8,12,17H,2-4,7,10H2,1H3. The SMILES string of the molecule is CNCC1CCCCN1c1ccc(C#N)cc1F. The first-order valence-electron chi connectivity index (χ1n) is 6.37. The van der Waals surface area contributed by atoms with Crippen molar-refractivity contribution in [1.82, 2.24) is 5.32 Å². The third-order valence-corrected chi connectivity index (χ3v) is 3.45. The molecular weight excluding hydrogens is 229 g/mol. The Morgan fingerprint density at radius 3 is 3.00 bits per heavy atom. The van der Waals surface area contributed by atoms with E-state index in [1.807, 2.05) is 13.1 Å². The molecule has 1 atom stereocenters. The van der Waals surface area contributed by atoms with Crippen molar-refractivity contribution in [2.75, 3.05) is 25.0 Å². The molecule has 96 valence electrons. The van der Waals surface area contributed by atoms with Crippen LogP contribution in [0.2, 0.25) is 0 Å². The fraction of sp³-hybridized carbons (Fsp3) is 0.500. The van der Waals surface area contributed by atoms with Crippen molar-refractivity contribution in [2.45, 2.75) is 25.3 Å². The maximum absolute atomic E-state index is 14.0. The average molecular weight is 247 g/mol. The van der Waals surface area contributed by atoms with Gasteiger partial charge in [-0.3, -0.25) is 0 Å². The van der Waals surface area contributed by atoms with Gasteiger partial charge in [-0.1, -0.05) is 0 Å². The van der Waals surface area contributed by atoms with Crippen LogP contribution in [-0.2, 0) is 0 Å². The zero-order valence-electron chi connectivity index (χ0n) is 10.6. The van der Waals surface area contributed by atoms with Crippen molar-refractivity contribution in [3.05, 3.63) is 29.6 Å². The summed E-state index contributed by atoms with van der Waals surface area (Å²) in [6.07, 6.45) is 3.38. The Morgan fingerprint density at radius 1 is 1.50 bits per heavy atom. The molecule has 1 saturated heterocycles. The Hall–Kier alpha value is -1.60. The molecular formula is C14H18FN3. The van der Waals surface area contributed by atoms with Crippen LogP contribution in [0, 0.1) is 17.1 Å². The van der Waals surface area contributed by atoms with E-state index in [1.54, 1.807) is 12.1 Å². The number of anilines is 1. The summed E-state index contributed by atoms with van der Waals surface area (Å²) in [6, 6.07) is 7.03. The van der Waals surface area contributed by atoms with Crippen molar-refractivity contribution in [2.24, 2.45) is 0 Å². The van der Waals surface area contributed by atoms with Crippen molar-refractivity contribution >= 4 is 5.69 Å². The van der Waals surface area contributed by atoms with Crippen molar-refractivity contribution in [3.8, 4) is 6.07 Å². The highest BCUT2D eigenvalue weighted by Gasteiger charge is 2.24. The van der Waals surface area contributed by atoms with E-state index in [4.69, 9.17) is 5.26 Å². The van der Waals surface area contributed by atoms with Crippen LogP contribution in [0.15, 0.2) is 18.2 Å². The smallest absolute Gasteiger partial charge is 0.147 e. The lowest BCUT2D eigenvalue weighted by Crippen LogP contribution is -2.45. The normalized spacial score (nSPS) is 19.6. The molecule has 1 unspecified atom stereocenters. The lowest BCUT2D eigenvalue weighted by molar-refractivity contribution is 0.440. The number of hydrogen-bond donors (Lipinski definition) is 1. The van der Waals surface area contributed by atoms with E-state index in [9.17, 15) is 4.39 Å². The van der Waals surface area contributed by atoms with Gasteiger partial charge in [-0.05, 0) is 44.5 Å². The van der Waals surface area contributed by atoms with Crippen LogP contribution in [0.3, 0.4) is 0 Å². The molecule has 1 aromatic carbocycles. The molecule has 1 heterocycles. The molecule has 0 amide bonds. The zero-order valence-corrected chi connectivity index (χ0v) is 10.6. The molecule has 0 spiro atoms. The number of halogens is 1. The van der Waals surface area contributed by atoms with Crippen LogP contribution in [0.1, 0.15) is 24.8 Å². The highest BCUT2D eigenvalue weighted by atomic mass is 19.1. The quantitative estimate of drug-likeness (QED) is 0.890. The van der Waals surface area contributed by atoms with Gasteiger partial charge >= 0.3 is 0 Å². The Kier molecular flexibility index (Phi) is 4.16. The highest BCUT2D eigenvalue weighted by Crippen LogP contribution is 2.27. The second kappa shape index (κ2) is 5.83. The number of nitrogens with zero attached hydrogens (tertiary/aromatic N) is 2. The third kappa shape index (κ3) is 2.62. The second-order valence-corrected chi connectivity index (χ2v) is 4.68. The second-order valence-electron chi connectivity index (χ2n) is 4.68. The van der Waals surface area contributed by atoms with Gasteiger partial charge < -0.3 is 10.2 Å². The van der Waals surface area contributed by atoms with Gasteiger partial charge in [0.15, 0.2) is 0 Å². The summed E-state index contributed by atoms with van der Waals surface area (Å²) in [5.74, 6) is -0.294. The Bertz CT molecular complexity index is 451. The van der Waals surface area contributed by atoms with Gasteiger partial charge in [-0.2, -0.15) is 5.26 Å². The maximum Gasteiger partial charge on any atom is 0.147 e. The molecule has 0 radical (unpaired) electrons. The Labute approximate surface area is 107 Å². The van der Waals surface area contributed by atoms with Crippen molar-refractivity contribution in [1.29, 1.82) is 5.26 Å². The number of nitrogens with one attached hydrogen (secondary N) is 1. The minimum absolute atomic E-state index is 0.294. The summed E-state index contributed by atoms with van der Waals surface area (Å²) in [7, 11) is 1.92. The van der Waals surface area contributed by atoms with Crippen LogP contribution in [0.25, 0.3) is 0 Å². The van der Waals surface area contributed by atoms with Crippen LogP contribution >= 0.6 is 0 Å². The maximum atomic E-state index is 14.0. The first-order chi connectivity index (χ1) is 8.76. The first kappa shape index (κ1) is 12.8.